The van der Waals surface area contributed by atoms with Crippen LogP contribution in [0.5, 0.6) is 28.7 Å². The van der Waals surface area contributed by atoms with Gasteiger partial charge in [0.1, 0.15) is 11.5 Å². The van der Waals surface area contributed by atoms with Crippen molar-refractivity contribution in [2.75, 3.05) is 40.9 Å². The average molecular weight is 426 g/mol. The molecule has 0 aromatic heterocycles. The SMILES string of the molecule is COc1cc(Br)c(OC)c(C(=O)Nc2cc(OC)c(OC)c(OC)c2)c1. The Morgan fingerprint density at radius 1 is 0.808 bits per heavy atom. The molecule has 140 valence electrons. The number of ether oxygens (including phenoxy) is 5. The monoisotopic (exact) mass is 425 g/mol. The lowest BCUT2D eigenvalue weighted by molar-refractivity contribution is 0.102. The van der Waals surface area contributed by atoms with E-state index < -0.39 is 0 Å². The van der Waals surface area contributed by atoms with Gasteiger partial charge in [0.05, 0.1) is 45.6 Å². The molecule has 1 N–H and O–H groups in total. The zero-order valence-corrected chi connectivity index (χ0v) is 16.7. The summed E-state index contributed by atoms with van der Waals surface area (Å²) in [6, 6.07) is 6.59. The standard InChI is InChI=1S/C18H20BrNO6/c1-22-11-8-12(16(25-4)13(19)9-11)18(21)20-10-6-14(23-2)17(26-5)15(7-10)24-3/h6-9H,1-5H3,(H,20,21). The van der Waals surface area contributed by atoms with Crippen molar-refractivity contribution in [1.29, 1.82) is 0 Å². The number of halogens is 1. The Bertz CT molecular complexity index is 784. The minimum absolute atomic E-state index is 0.312. The topological polar surface area (TPSA) is 75.3 Å². The molecule has 0 saturated carbocycles. The van der Waals surface area contributed by atoms with Crippen LogP contribution in [0.25, 0.3) is 0 Å². The number of hydrogen-bond donors (Lipinski definition) is 1. The average Bonchev–Trinajstić information content (AvgIpc) is 2.66. The maximum atomic E-state index is 12.8. The molecule has 26 heavy (non-hydrogen) atoms. The molecule has 1 amide bonds. The molecule has 0 spiro atoms. The van der Waals surface area contributed by atoms with Crippen LogP contribution >= 0.6 is 15.9 Å². The minimum Gasteiger partial charge on any atom is -0.497 e. The van der Waals surface area contributed by atoms with Gasteiger partial charge in [-0.25, -0.2) is 0 Å². The van der Waals surface area contributed by atoms with Crippen LogP contribution in [0, 0.1) is 0 Å². The summed E-state index contributed by atoms with van der Waals surface area (Å²) < 4.78 is 27.0. The molecule has 8 heteroatoms. The van der Waals surface area contributed by atoms with Crippen molar-refractivity contribution >= 4 is 27.5 Å². The molecule has 0 aliphatic carbocycles. The van der Waals surface area contributed by atoms with Crippen molar-refractivity contribution in [3.8, 4) is 28.7 Å². The molecule has 0 unspecified atom stereocenters. The van der Waals surface area contributed by atoms with Crippen LogP contribution in [-0.2, 0) is 0 Å². The number of rotatable bonds is 7. The van der Waals surface area contributed by atoms with Gasteiger partial charge in [-0.1, -0.05) is 0 Å². The molecule has 0 heterocycles. The van der Waals surface area contributed by atoms with Crippen LogP contribution in [0.2, 0.25) is 0 Å². The fraction of sp³-hybridized carbons (Fsp3) is 0.278. The van der Waals surface area contributed by atoms with E-state index in [1.54, 1.807) is 24.3 Å². The molecule has 2 rings (SSSR count). The van der Waals surface area contributed by atoms with E-state index in [1.165, 1.54) is 35.5 Å². The second-order valence-electron chi connectivity index (χ2n) is 5.06. The highest BCUT2D eigenvalue weighted by Crippen LogP contribution is 2.40. The molecule has 0 aliphatic rings. The van der Waals surface area contributed by atoms with Gasteiger partial charge in [-0.15, -0.1) is 0 Å². The fourth-order valence-corrected chi connectivity index (χ4v) is 3.02. The number of carbonyl (C=O) groups excluding carboxylic acids is 1. The molecule has 2 aromatic carbocycles. The lowest BCUT2D eigenvalue weighted by Crippen LogP contribution is -2.14. The van der Waals surface area contributed by atoms with Gasteiger partial charge in [-0.3, -0.25) is 4.79 Å². The summed E-state index contributed by atoms with van der Waals surface area (Å²) >= 11 is 3.38. The molecule has 0 saturated heterocycles. The summed E-state index contributed by atoms with van der Waals surface area (Å²) in [7, 11) is 7.53. The smallest absolute Gasteiger partial charge is 0.259 e. The van der Waals surface area contributed by atoms with Crippen LogP contribution in [0.4, 0.5) is 5.69 Å². The summed E-state index contributed by atoms with van der Waals surface area (Å²) in [5.41, 5.74) is 0.790. The summed E-state index contributed by atoms with van der Waals surface area (Å²) in [6.45, 7) is 0. The second kappa shape index (κ2) is 8.66. The Labute approximate surface area is 160 Å². The number of hydrogen-bond acceptors (Lipinski definition) is 6. The highest BCUT2D eigenvalue weighted by atomic mass is 79.9. The second-order valence-corrected chi connectivity index (χ2v) is 5.91. The molecule has 0 radical (unpaired) electrons. The molecule has 0 aliphatic heterocycles. The van der Waals surface area contributed by atoms with Crippen molar-refractivity contribution in [1.82, 2.24) is 0 Å². The number of benzene rings is 2. The Balaban J connectivity index is 2.43. The van der Waals surface area contributed by atoms with Crippen molar-refractivity contribution in [3.63, 3.8) is 0 Å². The van der Waals surface area contributed by atoms with E-state index in [0.29, 0.717) is 44.5 Å². The highest BCUT2D eigenvalue weighted by molar-refractivity contribution is 9.10. The third kappa shape index (κ3) is 3.96. The largest absolute Gasteiger partial charge is 0.497 e. The van der Waals surface area contributed by atoms with Crippen molar-refractivity contribution in [2.45, 2.75) is 0 Å². The number of methoxy groups -OCH3 is 5. The summed E-state index contributed by atoms with van der Waals surface area (Å²) in [5.74, 6) is 1.84. The maximum Gasteiger partial charge on any atom is 0.259 e. The van der Waals surface area contributed by atoms with Crippen LogP contribution in [-0.4, -0.2) is 41.5 Å². The first-order chi connectivity index (χ1) is 12.5. The van der Waals surface area contributed by atoms with Gasteiger partial charge in [0.15, 0.2) is 11.5 Å². The van der Waals surface area contributed by atoms with E-state index in [-0.39, 0.29) is 5.91 Å². The van der Waals surface area contributed by atoms with Crippen LogP contribution < -0.4 is 29.0 Å². The molecule has 7 nitrogen and oxygen atoms in total. The number of carbonyl (C=O) groups is 1. The quantitative estimate of drug-likeness (QED) is 0.727. The Kier molecular flexibility index (Phi) is 6.57. The molecule has 0 bridgehead atoms. The van der Waals surface area contributed by atoms with E-state index in [2.05, 4.69) is 21.2 Å². The first kappa shape index (κ1) is 19.7. The molecular formula is C18H20BrNO6. The van der Waals surface area contributed by atoms with Crippen LogP contribution in [0.1, 0.15) is 10.4 Å². The first-order valence-electron chi connectivity index (χ1n) is 7.51. The summed E-state index contributed by atoms with van der Waals surface area (Å²) in [6.07, 6.45) is 0. The molecular weight excluding hydrogens is 406 g/mol. The van der Waals surface area contributed by atoms with Crippen LogP contribution in [0.15, 0.2) is 28.7 Å². The van der Waals surface area contributed by atoms with E-state index in [0.717, 1.165) is 0 Å². The first-order valence-corrected chi connectivity index (χ1v) is 8.31. The lowest BCUT2D eigenvalue weighted by Gasteiger charge is -2.16. The third-order valence-electron chi connectivity index (χ3n) is 3.62. The van der Waals surface area contributed by atoms with Gasteiger partial charge in [0.25, 0.3) is 5.91 Å². The van der Waals surface area contributed by atoms with E-state index in [9.17, 15) is 4.79 Å². The predicted octanol–water partition coefficient (Wildman–Crippen LogP) is 3.74. The fourth-order valence-electron chi connectivity index (χ4n) is 2.41. The Hall–Kier alpha value is -2.61. The van der Waals surface area contributed by atoms with E-state index in [4.69, 9.17) is 23.7 Å². The zero-order chi connectivity index (χ0) is 19.3. The summed E-state index contributed by atoms with van der Waals surface area (Å²) in [4.78, 5) is 12.8. The third-order valence-corrected chi connectivity index (χ3v) is 4.21. The lowest BCUT2D eigenvalue weighted by atomic mass is 10.1. The van der Waals surface area contributed by atoms with Crippen LogP contribution in [0.3, 0.4) is 0 Å². The minimum atomic E-state index is -0.379. The van der Waals surface area contributed by atoms with E-state index in [1.807, 2.05) is 0 Å². The summed E-state index contributed by atoms with van der Waals surface area (Å²) in [5, 5.41) is 2.80. The number of nitrogens with one attached hydrogen (secondary N) is 1. The van der Waals surface area contributed by atoms with Crippen molar-refractivity contribution in [3.05, 3.63) is 34.3 Å². The molecule has 0 fully saturated rings. The van der Waals surface area contributed by atoms with Gasteiger partial charge >= 0.3 is 0 Å². The molecule has 0 atom stereocenters. The molecule has 2 aromatic rings. The van der Waals surface area contributed by atoms with Gasteiger partial charge in [0.2, 0.25) is 5.75 Å². The number of amides is 1. The van der Waals surface area contributed by atoms with Gasteiger partial charge < -0.3 is 29.0 Å². The maximum absolute atomic E-state index is 12.8. The Morgan fingerprint density at radius 2 is 1.38 bits per heavy atom. The van der Waals surface area contributed by atoms with Gasteiger partial charge in [0, 0.05) is 17.8 Å². The predicted molar refractivity (Wildman–Crippen MR) is 101 cm³/mol. The van der Waals surface area contributed by atoms with Gasteiger partial charge in [-0.05, 0) is 28.1 Å². The normalized spacial score (nSPS) is 10.1. The highest BCUT2D eigenvalue weighted by Gasteiger charge is 2.19. The van der Waals surface area contributed by atoms with Crippen molar-refractivity contribution in [2.24, 2.45) is 0 Å². The Morgan fingerprint density at radius 3 is 1.85 bits per heavy atom. The van der Waals surface area contributed by atoms with Gasteiger partial charge in [-0.2, -0.15) is 0 Å². The zero-order valence-electron chi connectivity index (χ0n) is 15.1. The van der Waals surface area contributed by atoms with Crippen molar-refractivity contribution < 1.29 is 28.5 Å². The van der Waals surface area contributed by atoms with E-state index >= 15 is 0 Å². The number of anilines is 1.